The number of carbonyl (C=O) groups is 2. The molecule has 0 unspecified atom stereocenters. The van der Waals surface area contributed by atoms with E-state index in [0.29, 0.717) is 165 Å². The van der Waals surface area contributed by atoms with Crippen molar-refractivity contribution in [2.24, 2.45) is 0 Å². The average molecular weight is 896 g/mol. The molecule has 17 nitrogen and oxygen atoms in total. The Kier molecular flexibility index (Phi) is 30.9. The highest BCUT2D eigenvalue weighted by Crippen LogP contribution is 2.44. The first-order valence-corrected chi connectivity index (χ1v) is 22.1. The van der Waals surface area contributed by atoms with Crippen LogP contribution in [0.3, 0.4) is 0 Å². The second-order valence-electron chi connectivity index (χ2n) is 14.9. The normalized spacial score (nSPS) is 12.4. The first-order chi connectivity index (χ1) is 30.8. The molecule has 0 bridgehead atoms. The molecule has 0 aromatic heterocycles. The summed E-state index contributed by atoms with van der Waals surface area (Å²) in [4.78, 5) is 23.9. The Labute approximate surface area is 373 Å². The Morgan fingerprint density at radius 1 is 0.444 bits per heavy atom. The van der Waals surface area contributed by atoms with Gasteiger partial charge in [-0.3, -0.25) is 4.79 Å². The summed E-state index contributed by atoms with van der Waals surface area (Å²) in [6.07, 6.45) is -0.231. The van der Waals surface area contributed by atoms with Gasteiger partial charge in [-0.1, -0.05) is 48.5 Å². The fraction of sp³-hybridized carbons (Fsp3) is 0.696. The molecule has 3 rings (SSSR count). The van der Waals surface area contributed by atoms with E-state index in [1.807, 2.05) is 45.0 Å². The number of alkyl carbamates (subject to hydrolysis) is 1. The van der Waals surface area contributed by atoms with Gasteiger partial charge in [-0.15, -0.1) is 0 Å². The van der Waals surface area contributed by atoms with E-state index in [2.05, 4.69) is 29.6 Å². The topological polar surface area (TPSA) is 175 Å². The van der Waals surface area contributed by atoms with Gasteiger partial charge in [-0.05, 0) is 43.0 Å². The zero-order chi connectivity index (χ0) is 44.9. The van der Waals surface area contributed by atoms with Gasteiger partial charge in [-0.2, -0.15) is 0 Å². The van der Waals surface area contributed by atoms with Crippen molar-refractivity contribution in [3.63, 3.8) is 0 Å². The molecule has 2 aromatic carbocycles. The molecule has 0 aliphatic heterocycles. The zero-order valence-corrected chi connectivity index (χ0v) is 37.8. The lowest BCUT2D eigenvalue weighted by atomic mass is 9.98. The third-order valence-electron chi connectivity index (χ3n) is 8.82. The van der Waals surface area contributed by atoms with Gasteiger partial charge in [0.15, 0.2) is 0 Å². The van der Waals surface area contributed by atoms with Crippen LogP contribution in [0.1, 0.15) is 44.2 Å². The van der Waals surface area contributed by atoms with E-state index < -0.39 is 11.7 Å². The van der Waals surface area contributed by atoms with Gasteiger partial charge < -0.3 is 71.6 Å². The molecule has 0 saturated carbocycles. The van der Waals surface area contributed by atoms with E-state index in [4.69, 9.17) is 66.3 Å². The summed E-state index contributed by atoms with van der Waals surface area (Å²) in [5.74, 6) is -0.238. The SMILES string of the molecule is CC(C)(C)OC(=O)CCOCCOCCOCCOCCOCCOCCOCCOCCOCCOCCOCCOCCNC(=O)OCC1c2ccccc2-c2ccccc21. The number of rotatable bonds is 41. The number of benzene rings is 2. The van der Waals surface area contributed by atoms with E-state index in [1.165, 1.54) is 22.3 Å². The summed E-state index contributed by atoms with van der Waals surface area (Å²) < 4.78 is 76.6. The largest absolute Gasteiger partial charge is 0.460 e. The maximum Gasteiger partial charge on any atom is 0.407 e. The Morgan fingerprint density at radius 3 is 1.08 bits per heavy atom. The van der Waals surface area contributed by atoms with Crippen LogP contribution in [0.25, 0.3) is 11.1 Å². The standard InChI is InChI=1S/C46H73NO16/c1-46(2,3)63-44(48)12-14-50-16-18-52-20-22-54-24-26-56-28-30-58-32-34-60-36-37-61-35-33-59-31-29-57-27-25-55-23-21-53-19-17-51-15-13-47-45(49)62-38-43-41-10-6-4-8-39(41)40-9-5-7-11-42(40)43/h4-11,43H,12-38H2,1-3H3,(H,47,49). The molecule has 0 heterocycles. The number of esters is 1. The fourth-order valence-corrected chi connectivity index (χ4v) is 5.94. The van der Waals surface area contributed by atoms with Crippen molar-refractivity contribution in [2.45, 2.75) is 38.7 Å². The Balaban J connectivity index is 0.917. The lowest BCUT2D eigenvalue weighted by Gasteiger charge is -2.19. The number of fused-ring (bicyclic) bond motifs is 3. The van der Waals surface area contributed by atoms with E-state index in [-0.39, 0.29) is 24.9 Å². The van der Waals surface area contributed by atoms with Gasteiger partial charge in [-0.25, -0.2) is 4.79 Å². The number of amides is 1. The third-order valence-corrected chi connectivity index (χ3v) is 8.82. The highest BCUT2D eigenvalue weighted by Gasteiger charge is 2.29. The van der Waals surface area contributed by atoms with Crippen LogP contribution in [0.4, 0.5) is 4.79 Å². The second kappa shape index (κ2) is 36.0. The lowest BCUT2D eigenvalue weighted by Crippen LogP contribution is -2.29. The molecular weight excluding hydrogens is 822 g/mol. The predicted molar refractivity (Wildman–Crippen MR) is 233 cm³/mol. The molecule has 0 fully saturated rings. The molecule has 358 valence electrons. The van der Waals surface area contributed by atoms with Crippen LogP contribution >= 0.6 is 0 Å². The monoisotopic (exact) mass is 895 g/mol. The minimum atomic E-state index is -0.481. The summed E-state index contributed by atoms with van der Waals surface area (Å²) in [5.41, 5.74) is 4.28. The first kappa shape index (κ1) is 54.0. The van der Waals surface area contributed by atoms with E-state index in [1.54, 1.807) is 0 Å². The molecule has 17 heteroatoms. The Morgan fingerprint density at radius 2 is 0.746 bits per heavy atom. The maximum atomic E-state index is 12.3. The molecule has 1 aliphatic carbocycles. The molecule has 63 heavy (non-hydrogen) atoms. The van der Waals surface area contributed by atoms with E-state index in [9.17, 15) is 9.59 Å². The quantitative estimate of drug-likeness (QED) is 0.0732. The maximum absolute atomic E-state index is 12.3. The van der Waals surface area contributed by atoms with Crippen molar-refractivity contribution in [1.82, 2.24) is 5.32 Å². The van der Waals surface area contributed by atoms with Gasteiger partial charge in [0.2, 0.25) is 0 Å². The highest BCUT2D eigenvalue weighted by molar-refractivity contribution is 5.79. The molecular formula is C46H73NO16. The summed E-state index contributed by atoms with van der Waals surface area (Å²) in [5, 5.41) is 2.74. The van der Waals surface area contributed by atoms with Gasteiger partial charge >= 0.3 is 12.1 Å². The van der Waals surface area contributed by atoms with Crippen molar-refractivity contribution in [3.05, 3.63) is 59.7 Å². The van der Waals surface area contributed by atoms with Crippen LogP contribution in [0.2, 0.25) is 0 Å². The lowest BCUT2D eigenvalue weighted by molar-refractivity contribution is -0.156. The molecule has 0 saturated heterocycles. The summed E-state index contributed by atoms with van der Waals surface area (Å²) in [6, 6.07) is 16.5. The molecule has 0 atom stereocenters. The number of hydrogen-bond acceptors (Lipinski definition) is 16. The van der Waals surface area contributed by atoms with Crippen molar-refractivity contribution in [1.29, 1.82) is 0 Å². The molecule has 1 amide bonds. The van der Waals surface area contributed by atoms with Crippen molar-refractivity contribution >= 4 is 12.1 Å². The van der Waals surface area contributed by atoms with Gasteiger partial charge in [0.1, 0.15) is 12.2 Å². The average Bonchev–Trinajstić information content (AvgIpc) is 3.59. The second-order valence-corrected chi connectivity index (χ2v) is 14.9. The predicted octanol–water partition coefficient (Wildman–Crippen LogP) is 4.46. The van der Waals surface area contributed by atoms with Gasteiger partial charge in [0.25, 0.3) is 0 Å². The van der Waals surface area contributed by atoms with E-state index in [0.717, 1.165) is 0 Å². The van der Waals surface area contributed by atoms with Crippen molar-refractivity contribution in [3.8, 4) is 11.1 Å². The van der Waals surface area contributed by atoms with Crippen LogP contribution in [0.15, 0.2) is 48.5 Å². The number of nitrogens with one attached hydrogen (secondary N) is 1. The molecule has 0 radical (unpaired) electrons. The van der Waals surface area contributed by atoms with Crippen molar-refractivity contribution < 1.29 is 75.9 Å². The minimum absolute atomic E-state index is 0.0314. The first-order valence-electron chi connectivity index (χ1n) is 22.1. The van der Waals surface area contributed by atoms with Crippen LogP contribution in [0.5, 0.6) is 0 Å². The molecule has 1 aliphatic rings. The third kappa shape index (κ3) is 27.6. The Hall–Kier alpha value is -3.30. The molecule has 1 N–H and O–H groups in total. The number of ether oxygens (including phenoxy) is 14. The number of carbonyl (C=O) groups excluding carboxylic acids is 2. The highest BCUT2D eigenvalue weighted by atomic mass is 16.6. The summed E-state index contributed by atoms with van der Waals surface area (Å²) in [7, 11) is 0. The van der Waals surface area contributed by atoms with Crippen LogP contribution in [0, 0.1) is 0 Å². The fourth-order valence-electron chi connectivity index (χ4n) is 5.94. The summed E-state index contributed by atoms with van der Waals surface area (Å²) >= 11 is 0. The van der Waals surface area contributed by atoms with Crippen molar-refractivity contribution in [2.75, 3.05) is 172 Å². The molecule has 2 aromatic rings. The van der Waals surface area contributed by atoms with Crippen LogP contribution in [-0.4, -0.2) is 189 Å². The van der Waals surface area contributed by atoms with E-state index >= 15 is 0 Å². The minimum Gasteiger partial charge on any atom is -0.460 e. The smallest absolute Gasteiger partial charge is 0.407 e. The van der Waals surface area contributed by atoms with Gasteiger partial charge in [0.05, 0.1) is 165 Å². The Bertz CT molecular complexity index is 1400. The van der Waals surface area contributed by atoms with Crippen LogP contribution < -0.4 is 5.32 Å². The summed E-state index contributed by atoms with van der Waals surface area (Å²) in [6.45, 7) is 17.1. The zero-order valence-electron chi connectivity index (χ0n) is 37.8. The van der Waals surface area contributed by atoms with Gasteiger partial charge in [0, 0.05) is 12.5 Å². The van der Waals surface area contributed by atoms with Crippen LogP contribution in [-0.2, 0) is 71.1 Å². The number of hydrogen-bond donors (Lipinski definition) is 1. The molecule has 0 spiro atoms.